The van der Waals surface area contributed by atoms with Crippen molar-refractivity contribution in [3.8, 4) is 0 Å². The number of hydrogen-bond donors (Lipinski definition) is 1. The maximum Gasteiger partial charge on any atom is 0.223 e. The molecule has 2 heteroatoms. The third kappa shape index (κ3) is 3.22. The van der Waals surface area contributed by atoms with Crippen molar-refractivity contribution in [3.63, 3.8) is 0 Å². The number of rotatable bonds is 3. The van der Waals surface area contributed by atoms with Gasteiger partial charge < -0.3 is 5.32 Å². The molecule has 1 fully saturated rings. The fourth-order valence-electron chi connectivity index (χ4n) is 2.81. The van der Waals surface area contributed by atoms with Crippen LogP contribution < -0.4 is 5.32 Å². The van der Waals surface area contributed by atoms with Gasteiger partial charge in [-0.3, -0.25) is 4.79 Å². The van der Waals surface area contributed by atoms with Crippen molar-refractivity contribution in [3.05, 3.63) is 0 Å². The summed E-state index contributed by atoms with van der Waals surface area (Å²) in [5, 5.41) is 2.98. The van der Waals surface area contributed by atoms with Gasteiger partial charge in [-0.25, -0.2) is 0 Å². The molecule has 0 aliphatic heterocycles. The number of nitrogens with one attached hydrogen (secondary N) is 1. The summed E-state index contributed by atoms with van der Waals surface area (Å²) >= 11 is 0. The van der Waals surface area contributed by atoms with Crippen molar-refractivity contribution in [1.29, 1.82) is 0 Å². The standard InChI is InChI=1S/C13H25NO/c1-5-14-13(15)12-8-10(4)6-7-11(12)9(2)3/h9-12H,5-8H2,1-4H3,(H,14,15)/t10?,11?,12-/m1/s1. The normalized spacial score (nSPS) is 31.7. The minimum Gasteiger partial charge on any atom is -0.356 e. The van der Waals surface area contributed by atoms with Crippen LogP contribution in [0.4, 0.5) is 0 Å². The van der Waals surface area contributed by atoms with E-state index >= 15 is 0 Å². The van der Waals surface area contributed by atoms with E-state index in [1.165, 1.54) is 12.8 Å². The van der Waals surface area contributed by atoms with Crippen LogP contribution >= 0.6 is 0 Å². The van der Waals surface area contributed by atoms with E-state index < -0.39 is 0 Å². The molecule has 0 heterocycles. The first-order valence-electron chi connectivity index (χ1n) is 6.34. The van der Waals surface area contributed by atoms with Gasteiger partial charge in [0.15, 0.2) is 0 Å². The molecule has 2 nitrogen and oxygen atoms in total. The van der Waals surface area contributed by atoms with Crippen molar-refractivity contribution in [2.24, 2.45) is 23.7 Å². The summed E-state index contributed by atoms with van der Waals surface area (Å²) in [6.45, 7) is 9.51. The second kappa shape index (κ2) is 5.53. The van der Waals surface area contributed by atoms with Crippen LogP contribution in [0, 0.1) is 23.7 Å². The molecule has 1 amide bonds. The Bertz CT molecular complexity index is 213. The Balaban J connectivity index is 2.65. The Kier molecular flexibility index (Phi) is 4.62. The molecule has 0 radical (unpaired) electrons. The minimum absolute atomic E-state index is 0.258. The third-order valence-electron chi connectivity index (χ3n) is 3.71. The lowest BCUT2D eigenvalue weighted by Gasteiger charge is -2.36. The van der Waals surface area contributed by atoms with Crippen molar-refractivity contribution < 1.29 is 4.79 Å². The molecule has 0 aromatic carbocycles. The molecule has 0 aromatic rings. The molecular formula is C13H25NO. The van der Waals surface area contributed by atoms with Crippen LogP contribution in [0.15, 0.2) is 0 Å². The van der Waals surface area contributed by atoms with Gasteiger partial charge >= 0.3 is 0 Å². The smallest absolute Gasteiger partial charge is 0.223 e. The summed E-state index contributed by atoms with van der Waals surface area (Å²) in [7, 11) is 0. The monoisotopic (exact) mass is 211 g/mol. The van der Waals surface area contributed by atoms with Crippen molar-refractivity contribution >= 4 is 5.91 Å². The van der Waals surface area contributed by atoms with E-state index in [1.807, 2.05) is 6.92 Å². The number of carbonyl (C=O) groups is 1. The minimum atomic E-state index is 0.258. The SMILES string of the molecule is CCNC(=O)[C@@H]1CC(C)CCC1C(C)C. The van der Waals surface area contributed by atoms with E-state index in [2.05, 4.69) is 26.1 Å². The van der Waals surface area contributed by atoms with E-state index in [1.54, 1.807) is 0 Å². The van der Waals surface area contributed by atoms with Crippen LogP contribution in [0.25, 0.3) is 0 Å². The first-order valence-corrected chi connectivity index (χ1v) is 6.34. The first kappa shape index (κ1) is 12.5. The molecule has 1 N–H and O–H groups in total. The molecule has 1 rings (SSSR count). The van der Waals surface area contributed by atoms with Crippen LogP contribution in [0.3, 0.4) is 0 Å². The molecule has 0 aromatic heterocycles. The van der Waals surface area contributed by atoms with Gasteiger partial charge in [-0.05, 0) is 37.5 Å². The maximum atomic E-state index is 11.9. The van der Waals surface area contributed by atoms with Crippen LogP contribution in [0.2, 0.25) is 0 Å². The van der Waals surface area contributed by atoms with Crippen molar-refractivity contribution in [2.75, 3.05) is 6.54 Å². The van der Waals surface area contributed by atoms with Gasteiger partial charge in [-0.2, -0.15) is 0 Å². The molecule has 88 valence electrons. The van der Waals surface area contributed by atoms with E-state index in [-0.39, 0.29) is 11.8 Å². The molecule has 1 aliphatic carbocycles. The van der Waals surface area contributed by atoms with E-state index in [4.69, 9.17) is 0 Å². The maximum absolute atomic E-state index is 11.9. The van der Waals surface area contributed by atoms with Gasteiger partial charge in [0, 0.05) is 12.5 Å². The van der Waals surface area contributed by atoms with Crippen LogP contribution in [0.1, 0.15) is 47.0 Å². The average Bonchev–Trinajstić information content (AvgIpc) is 2.17. The van der Waals surface area contributed by atoms with Gasteiger partial charge in [0.1, 0.15) is 0 Å². The Labute approximate surface area is 93.8 Å². The number of hydrogen-bond acceptors (Lipinski definition) is 1. The van der Waals surface area contributed by atoms with Crippen LogP contribution in [0.5, 0.6) is 0 Å². The molecule has 0 saturated heterocycles. The zero-order valence-corrected chi connectivity index (χ0v) is 10.5. The van der Waals surface area contributed by atoms with Gasteiger partial charge in [-0.1, -0.05) is 27.2 Å². The molecule has 0 spiro atoms. The third-order valence-corrected chi connectivity index (χ3v) is 3.71. The van der Waals surface area contributed by atoms with Crippen molar-refractivity contribution in [2.45, 2.75) is 47.0 Å². The molecule has 3 atom stereocenters. The highest BCUT2D eigenvalue weighted by molar-refractivity contribution is 5.79. The Morgan fingerprint density at radius 3 is 2.60 bits per heavy atom. The highest BCUT2D eigenvalue weighted by Gasteiger charge is 2.34. The molecule has 2 unspecified atom stereocenters. The topological polar surface area (TPSA) is 29.1 Å². The predicted octanol–water partition coefficient (Wildman–Crippen LogP) is 2.83. The van der Waals surface area contributed by atoms with E-state index in [9.17, 15) is 4.79 Å². The zero-order chi connectivity index (χ0) is 11.4. The van der Waals surface area contributed by atoms with Crippen molar-refractivity contribution in [1.82, 2.24) is 5.32 Å². The summed E-state index contributed by atoms with van der Waals surface area (Å²) in [5.41, 5.74) is 0. The summed E-state index contributed by atoms with van der Waals surface area (Å²) in [6, 6.07) is 0. The summed E-state index contributed by atoms with van der Waals surface area (Å²) in [5.74, 6) is 2.47. The average molecular weight is 211 g/mol. The second-order valence-corrected chi connectivity index (χ2v) is 5.33. The van der Waals surface area contributed by atoms with Gasteiger partial charge in [0.05, 0.1) is 0 Å². The zero-order valence-electron chi connectivity index (χ0n) is 10.5. The quantitative estimate of drug-likeness (QED) is 0.764. The lowest BCUT2D eigenvalue weighted by atomic mass is 9.70. The summed E-state index contributed by atoms with van der Waals surface area (Å²) < 4.78 is 0. The van der Waals surface area contributed by atoms with Gasteiger partial charge in [0.25, 0.3) is 0 Å². The number of amides is 1. The van der Waals surface area contributed by atoms with E-state index in [0.29, 0.717) is 17.8 Å². The molecule has 15 heavy (non-hydrogen) atoms. The summed E-state index contributed by atoms with van der Waals surface area (Å²) in [6.07, 6.45) is 3.59. The number of carbonyl (C=O) groups excluding carboxylic acids is 1. The Morgan fingerprint density at radius 1 is 1.40 bits per heavy atom. The van der Waals surface area contributed by atoms with E-state index in [0.717, 1.165) is 13.0 Å². The highest BCUT2D eigenvalue weighted by Crippen LogP contribution is 2.37. The lowest BCUT2D eigenvalue weighted by molar-refractivity contribution is -0.129. The van der Waals surface area contributed by atoms with Gasteiger partial charge in [-0.15, -0.1) is 0 Å². The molecule has 1 aliphatic rings. The fraction of sp³-hybridized carbons (Fsp3) is 0.923. The molecular weight excluding hydrogens is 186 g/mol. The fourth-order valence-corrected chi connectivity index (χ4v) is 2.81. The lowest BCUT2D eigenvalue weighted by Crippen LogP contribution is -2.40. The van der Waals surface area contributed by atoms with Gasteiger partial charge in [0.2, 0.25) is 5.91 Å². The Morgan fingerprint density at radius 2 is 2.07 bits per heavy atom. The largest absolute Gasteiger partial charge is 0.356 e. The van der Waals surface area contributed by atoms with Crippen LogP contribution in [-0.4, -0.2) is 12.5 Å². The highest BCUT2D eigenvalue weighted by atomic mass is 16.1. The predicted molar refractivity (Wildman–Crippen MR) is 63.5 cm³/mol. The first-order chi connectivity index (χ1) is 7.06. The molecule has 1 saturated carbocycles. The Hall–Kier alpha value is -0.530. The summed E-state index contributed by atoms with van der Waals surface area (Å²) in [4.78, 5) is 11.9. The van der Waals surface area contributed by atoms with Crippen LogP contribution in [-0.2, 0) is 4.79 Å². The molecule has 0 bridgehead atoms. The second-order valence-electron chi connectivity index (χ2n) is 5.33.